The van der Waals surface area contributed by atoms with E-state index in [0.29, 0.717) is 0 Å². The van der Waals surface area contributed by atoms with Crippen LogP contribution in [0.15, 0.2) is 0 Å². The van der Waals surface area contributed by atoms with Gasteiger partial charge in [0.05, 0.1) is 0 Å². The molecule has 0 fully saturated rings. The third-order valence-corrected chi connectivity index (χ3v) is 2.24. The standard InChI is InChI=1S/C8H18.C5H13N/c1-3-5-7-8-6-4-2;1-3-4-5-6-2/h3-8H2,1-2H3;6H,3-5H2,1-2H3. The monoisotopic (exact) mass is 201 g/mol. The van der Waals surface area contributed by atoms with E-state index in [-0.39, 0.29) is 0 Å². The molecule has 0 unspecified atom stereocenters. The second kappa shape index (κ2) is 18.7. The van der Waals surface area contributed by atoms with Gasteiger partial charge in [0, 0.05) is 0 Å². The van der Waals surface area contributed by atoms with Crippen LogP contribution in [-0.2, 0) is 0 Å². The van der Waals surface area contributed by atoms with E-state index in [4.69, 9.17) is 0 Å². The van der Waals surface area contributed by atoms with Gasteiger partial charge < -0.3 is 5.32 Å². The van der Waals surface area contributed by atoms with Crippen molar-refractivity contribution in [1.82, 2.24) is 5.32 Å². The summed E-state index contributed by atoms with van der Waals surface area (Å²) >= 11 is 0. The molecule has 0 rings (SSSR count). The molecule has 14 heavy (non-hydrogen) atoms. The first-order valence-electron chi connectivity index (χ1n) is 6.47. The molecule has 0 aromatic rings. The molecule has 0 atom stereocenters. The molecule has 0 aliphatic heterocycles. The van der Waals surface area contributed by atoms with Gasteiger partial charge in [0.2, 0.25) is 0 Å². The molecule has 0 bridgehead atoms. The number of unbranched alkanes of at least 4 members (excludes halogenated alkanes) is 6. The van der Waals surface area contributed by atoms with E-state index in [0.717, 1.165) is 6.54 Å². The van der Waals surface area contributed by atoms with Crippen LogP contribution in [0.2, 0.25) is 0 Å². The Kier molecular flexibility index (Phi) is 21.9. The minimum atomic E-state index is 1.16. The largest absolute Gasteiger partial charge is 0.320 e. The number of nitrogens with one attached hydrogen (secondary N) is 1. The van der Waals surface area contributed by atoms with Gasteiger partial charge in [-0.1, -0.05) is 65.7 Å². The van der Waals surface area contributed by atoms with E-state index in [1.165, 1.54) is 51.4 Å². The van der Waals surface area contributed by atoms with E-state index >= 15 is 0 Å². The molecule has 88 valence electrons. The van der Waals surface area contributed by atoms with Gasteiger partial charge in [-0.25, -0.2) is 0 Å². The fourth-order valence-corrected chi connectivity index (χ4v) is 1.21. The molecule has 0 aliphatic rings. The third-order valence-electron chi connectivity index (χ3n) is 2.24. The van der Waals surface area contributed by atoms with Crippen LogP contribution in [-0.4, -0.2) is 13.6 Å². The summed E-state index contributed by atoms with van der Waals surface area (Å²) in [6.45, 7) is 7.87. The van der Waals surface area contributed by atoms with Crippen LogP contribution >= 0.6 is 0 Å². The Morgan fingerprint density at radius 1 is 0.643 bits per heavy atom. The van der Waals surface area contributed by atoms with Crippen LogP contribution < -0.4 is 5.32 Å². The number of hydrogen-bond donors (Lipinski definition) is 1. The smallest absolute Gasteiger partial charge is 0.00520 e. The predicted molar refractivity (Wildman–Crippen MR) is 67.9 cm³/mol. The predicted octanol–water partition coefficient (Wildman–Crippen LogP) is 4.37. The Hall–Kier alpha value is -0.0400. The van der Waals surface area contributed by atoms with Crippen LogP contribution in [0.3, 0.4) is 0 Å². The van der Waals surface area contributed by atoms with Crippen molar-refractivity contribution < 1.29 is 0 Å². The van der Waals surface area contributed by atoms with E-state index in [9.17, 15) is 0 Å². The van der Waals surface area contributed by atoms with Crippen molar-refractivity contribution >= 4 is 0 Å². The van der Waals surface area contributed by atoms with Crippen molar-refractivity contribution in [1.29, 1.82) is 0 Å². The lowest BCUT2D eigenvalue weighted by Gasteiger charge is -1.93. The minimum absolute atomic E-state index is 1.16. The van der Waals surface area contributed by atoms with E-state index in [1.807, 2.05) is 7.05 Å². The summed E-state index contributed by atoms with van der Waals surface area (Å²) in [5, 5.41) is 3.07. The molecule has 0 aromatic carbocycles. The number of rotatable bonds is 8. The Labute approximate surface area is 91.7 Å². The minimum Gasteiger partial charge on any atom is -0.320 e. The summed E-state index contributed by atoms with van der Waals surface area (Å²) in [7, 11) is 1.98. The molecule has 1 heteroatoms. The van der Waals surface area contributed by atoms with Crippen molar-refractivity contribution in [2.24, 2.45) is 0 Å². The highest BCUT2D eigenvalue weighted by atomic mass is 14.8. The number of hydrogen-bond acceptors (Lipinski definition) is 1. The molecule has 0 radical (unpaired) electrons. The molecular formula is C13H31N. The lowest BCUT2D eigenvalue weighted by Crippen LogP contribution is -2.06. The zero-order chi connectivity index (χ0) is 11.1. The van der Waals surface area contributed by atoms with Gasteiger partial charge in [0.25, 0.3) is 0 Å². The highest BCUT2D eigenvalue weighted by molar-refractivity contribution is 4.39. The Morgan fingerprint density at radius 2 is 1.07 bits per heavy atom. The average molecular weight is 201 g/mol. The van der Waals surface area contributed by atoms with Crippen LogP contribution in [0.25, 0.3) is 0 Å². The molecule has 0 spiro atoms. The van der Waals surface area contributed by atoms with Gasteiger partial charge in [-0.3, -0.25) is 0 Å². The van der Waals surface area contributed by atoms with Gasteiger partial charge in [-0.15, -0.1) is 0 Å². The maximum absolute atomic E-state index is 3.07. The fraction of sp³-hybridized carbons (Fsp3) is 1.00. The lowest BCUT2D eigenvalue weighted by molar-refractivity contribution is 0.624. The summed E-state index contributed by atoms with van der Waals surface area (Å²) < 4.78 is 0. The van der Waals surface area contributed by atoms with Gasteiger partial charge >= 0.3 is 0 Å². The van der Waals surface area contributed by atoms with E-state index < -0.39 is 0 Å². The van der Waals surface area contributed by atoms with Crippen molar-refractivity contribution in [3.63, 3.8) is 0 Å². The molecule has 0 saturated heterocycles. The first-order valence-corrected chi connectivity index (χ1v) is 6.47. The second-order valence-corrected chi connectivity index (χ2v) is 3.87. The topological polar surface area (TPSA) is 12.0 Å². The lowest BCUT2D eigenvalue weighted by atomic mass is 10.1. The van der Waals surface area contributed by atoms with Crippen molar-refractivity contribution in [3.8, 4) is 0 Å². The zero-order valence-corrected chi connectivity index (χ0v) is 10.9. The zero-order valence-electron chi connectivity index (χ0n) is 10.9. The molecule has 0 aliphatic carbocycles. The van der Waals surface area contributed by atoms with Crippen LogP contribution in [0.1, 0.15) is 72.1 Å². The van der Waals surface area contributed by atoms with Crippen molar-refractivity contribution in [2.75, 3.05) is 13.6 Å². The van der Waals surface area contributed by atoms with Crippen molar-refractivity contribution in [2.45, 2.75) is 72.1 Å². The maximum Gasteiger partial charge on any atom is -0.00520 e. The first kappa shape index (κ1) is 16.4. The highest BCUT2D eigenvalue weighted by Crippen LogP contribution is 2.03. The summed E-state index contributed by atoms with van der Waals surface area (Å²) in [6.07, 6.45) is 11.1. The summed E-state index contributed by atoms with van der Waals surface area (Å²) in [5.41, 5.74) is 0. The normalized spacial score (nSPS) is 9.43. The molecule has 0 amide bonds. The molecule has 0 aromatic heterocycles. The molecular weight excluding hydrogens is 170 g/mol. The van der Waals surface area contributed by atoms with Gasteiger partial charge in [0.1, 0.15) is 0 Å². The molecule has 1 N–H and O–H groups in total. The molecule has 0 heterocycles. The van der Waals surface area contributed by atoms with Gasteiger partial charge in [0.15, 0.2) is 0 Å². The van der Waals surface area contributed by atoms with Gasteiger partial charge in [-0.2, -0.15) is 0 Å². The maximum atomic E-state index is 3.07. The Bertz CT molecular complexity index is 61.6. The summed E-state index contributed by atoms with van der Waals surface area (Å²) in [6, 6.07) is 0. The Morgan fingerprint density at radius 3 is 1.29 bits per heavy atom. The van der Waals surface area contributed by atoms with E-state index in [2.05, 4.69) is 26.1 Å². The molecule has 0 saturated carbocycles. The van der Waals surface area contributed by atoms with Crippen LogP contribution in [0.4, 0.5) is 0 Å². The summed E-state index contributed by atoms with van der Waals surface area (Å²) in [5.74, 6) is 0. The second-order valence-electron chi connectivity index (χ2n) is 3.87. The van der Waals surface area contributed by atoms with Gasteiger partial charge in [-0.05, 0) is 20.0 Å². The van der Waals surface area contributed by atoms with Crippen LogP contribution in [0, 0.1) is 0 Å². The fourth-order valence-electron chi connectivity index (χ4n) is 1.21. The van der Waals surface area contributed by atoms with Crippen molar-refractivity contribution in [3.05, 3.63) is 0 Å². The summed E-state index contributed by atoms with van der Waals surface area (Å²) in [4.78, 5) is 0. The van der Waals surface area contributed by atoms with E-state index in [1.54, 1.807) is 0 Å². The van der Waals surface area contributed by atoms with Crippen LogP contribution in [0.5, 0.6) is 0 Å². The first-order chi connectivity index (χ1) is 6.83. The molecule has 1 nitrogen and oxygen atoms in total. The quantitative estimate of drug-likeness (QED) is 0.575. The average Bonchev–Trinajstić information content (AvgIpc) is 2.22. The Balaban J connectivity index is 0. The highest BCUT2D eigenvalue weighted by Gasteiger charge is 1.83. The third kappa shape index (κ3) is 22.7. The SMILES string of the molecule is CCCCCCCC.CCCCNC.